The van der Waals surface area contributed by atoms with E-state index in [-0.39, 0.29) is 16.3 Å². The van der Waals surface area contributed by atoms with Crippen LogP contribution in [-0.4, -0.2) is 21.5 Å². The first-order chi connectivity index (χ1) is 16.6. The number of aryl methyl sites for hydroxylation is 1. The molecule has 2 aliphatic carbocycles. The Bertz CT molecular complexity index is 1250. The lowest BCUT2D eigenvalue weighted by atomic mass is 9.68. The Morgan fingerprint density at radius 2 is 1.82 bits per heavy atom. The van der Waals surface area contributed by atoms with Gasteiger partial charge < -0.3 is 4.74 Å². The van der Waals surface area contributed by atoms with Crippen LogP contribution in [0.25, 0.3) is 11.3 Å². The molecule has 176 valence electrons. The molecule has 2 aliphatic rings. The first-order valence-corrected chi connectivity index (χ1v) is 13.2. The summed E-state index contributed by atoms with van der Waals surface area (Å²) in [5, 5.41) is -0.339. The molecule has 0 amide bonds. The lowest BCUT2D eigenvalue weighted by Gasteiger charge is -2.36. The summed E-state index contributed by atoms with van der Waals surface area (Å²) < 4.78 is 6.90. The molecule has 3 aromatic rings. The van der Waals surface area contributed by atoms with Crippen molar-refractivity contribution in [2.45, 2.75) is 63.2 Å². The van der Waals surface area contributed by atoms with E-state index in [1.54, 1.807) is 11.5 Å². The lowest BCUT2D eigenvalue weighted by molar-refractivity contribution is 0.181. The minimum Gasteiger partial charge on any atom is -0.458 e. The highest BCUT2D eigenvalue weighted by molar-refractivity contribution is 8.12. The normalized spacial score (nSPS) is 15.7. The van der Waals surface area contributed by atoms with Crippen molar-refractivity contribution in [1.29, 1.82) is 0 Å². The predicted molar refractivity (Wildman–Crippen MR) is 136 cm³/mol. The van der Waals surface area contributed by atoms with Crippen molar-refractivity contribution in [3.05, 3.63) is 87.5 Å². The van der Waals surface area contributed by atoms with Gasteiger partial charge >= 0.3 is 5.30 Å². The molecule has 6 heteroatoms. The van der Waals surface area contributed by atoms with Crippen LogP contribution in [-0.2, 0) is 35.3 Å². The smallest absolute Gasteiger partial charge is 0.367 e. The summed E-state index contributed by atoms with van der Waals surface area (Å²) in [5.74, 6) is 0.943. The number of nitrogens with zero attached hydrogens (tertiary/aromatic N) is 2. The van der Waals surface area contributed by atoms with Crippen LogP contribution in [0, 0.1) is 0 Å². The number of benzene rings is 2. The highest BCUT2D eigenvalue weighted by Crippen LogP contribution is 2.50. The molecule has 2 aromatic carbocycles. The SMILES string of the molecule is CCOC(=O)SCc1nc2c(c(=O)n1CCc1ccccc1)CC1(CCCC1)c1ccccc1-2. The number of hydrogen-bond donors (Lipinski definition) is 0. The number of carbonyl (C=O) groups is 1. The third-order valence-electron chi connectivity index (χ3n) is 7.22. The molecule has 1 saturated carbocycles. The average Bonchev–Trinajstić information content (AvgIpc) is 3.33. The largest absolute Gasteiger partial charge is 0.458 e. The first kappa shape index (κ1) is 22.9. The van der Waals surface area contributed by atoms with Gasteiger partial charge in [-0.15, -0.1) is 0 Å². The van der Waals surface area contributed by atoms with Gasteiger partial charge in [0.2, 0.25) is 0 Å². The second-order valence-electron chi connectivity index (χ2n) is 9.23. The number of ether oxygens (including phenoxy) is 1. The summed E-state index contributed by atoms with van der Waals surface area (Å²) in [5.41, 5.74) is 5.31. The monoisotopic (exact) mass is 474 g/mol. The summed E-state index contributed by atoms with van der Waals surface area (Å²) in [7, 11) is 0. The van der Waals surface area contributed by atoms with Gasteiger partial charge in [-0.1, -0.05) is 67.4 Å². The van der Waals surface area contributed by atoms with Crippen LogP contribution in [0.5, 0.6) is 0 Å². The van der Waals surface area contributed by atoms with Crippen LogP contribution in [0.4, 0.5) is 4.79 Å². The van der Waals surface area contributed by atoms with Gasteiger partial charge in [0, 0.05) is 23.1 Å². The zero-order valence-electron chi connectivity index (χ0n) is 19.6. The maximum absolute atomic E-state index is 14.0. The third kappa shape index (κ3) is 4.31. The van der Waals surface area contributed by atoms with Gasteiger partial charge in [0.15, 0.2) is 0 Å². The summed E-state index contributed by atoms with van der Waals surface area (Å²) in [4.78, 5) is 31.1. The number of hydrogen-bond acceptors (Lipinski definition) is 5. The Morgan fingerprint density at radius 3 is 2.59 bits per heavy atom. The molecule has 0 unspecified atom stereocenters. The van der Waals surface area contributed by atoms with Gasteiger partial charge in [-0.25, -0.2) is 9.78 Å². The van der Waals surface area contributed by atoms with Crippen LogP contribution in [0.2, 0.25) is 0 Å². The van der Waals surface area contributed by atoms with E-state index in [9.17, 15) is 9.59 Å². The highest BCUT2D eigenvalue weighted by Gasteiger charge is 2.42. The first-order valence-electron chi connectivity index (χ1n) is 12.2. The molecule has 5 nitrogen and oxygen atoms in total. The molecule has 0 bridgehead atoms. The van der Waals surface area contributed by atoms with Crippen molar-refractivity contribution < 1.29 is 9.53 Å². The molecule has 1 fully saturated rings. The maximum Gasteiger partial charge on any atom is 0.367 e. The summed E-state index contributed by atoms with van der Waals surface area (Å²) in [6.45, 7) is 2.66. The maximum atomic E-state index is 14.0. The molecular weight excluding hydrogens is 444 g/mol. The number of carbonyl (C=O) groups excluding carboxylic acids is 1. The van der Waals surface area contributed by atoms with E-state index in [0.717, 1.165) is 54.3 Å². The molecule has 1 spiro atoms. The van der Waals surface area contributed by atoms with Crippen LogP contribution >= 0.6 is 11.8 Å². The van der Waals surface area contributed by atoms with E-state index in [1.165, 1.54) is 24.0 Å². The van der Waals surface area contributed by atoms with E-state index in [4.69, 9.17) is 9.72 Å². The topological polar surface area (TPSA) is 61.2 Å². The molecule has 0 radical (unpaired) electrons. The van der Waals surface area contributed by atoms with Crippen LogP contribution in [0.15, 0.2) is 59.4 Å². The Balaban J connectivity index is 1.58. The highest BCUT2D eigenvalue weighted by atomic mass is 32.2. The molecular formula is C28H30N2O3S. The van der Waals surface area contributed by atoms with Gasteiger partial charge in [-0.3, -0.25) is 9.36 Å². The number of rotatable bonds is 6. The Labute approximate surface area is 204 Å². The molecule has 5 rings (SSSR count). The predicted octanol–water partition coefficient (Wildman–Crippen LogP) is 5.91. The number of fused-ring (bicyclic) bond motifs is 4. The van der Waals surface area contributed by atoms with Gasteiger partial charge in [-0.2, -0.15) is 0 Å². The molecule has 34 heavy (non-hydrogen) atoms. The quantitative estimate of drug-likeness (QED) is 0.416. The van der Waals surface area contributed by atoms with E-state index >= 15 is 0 Å². The van der Waals surface area contributed by atoms with Crippen molar-refractivity contribution in [2.75, 3.05) is 6.61 Å². The van der Waals surface area contributed by atoms with Gasteiger partial charge in [0.25, 0.3) is 5.56 Å². The van der Waals surface area contributed by atoms with Crippen LogP contribution in [0.3, 0.4) is 0 Å². The van der Waals surface area contributed by atoms with Crippen molar-refractivity contribution in [3.8, 4) is 11.3 Å². The minimum absolute atomic E-state index is 0.0427. The fourth-order valence-electron chi connectivity index (χ4n) is 5.61. The molecule has 0 saturated heterocycles. The van der Waals surface area contributed by atoms with E-state index in [2.05, 4.69) is 30.3 Å². The summed E-state index contributed by atoms with van der Waals surface area (Å²) in [6.07, 6.45) is 6.13. The van der Waals surface area contributed by atoms with Crippen molar-refractivity contribution in [1.82, 2.24) is 9.55 Å². The second-order valence-corrected chi connectivity index (χ2v) is 10.1. The Hall–Kier alpha value is -2.86. The fourth-order valence-corrected chi connectivity index (χ4v) is 6.28. The third-order valence-corrected chi connectivity index (χ3v) is 7.98. The van der Waals surface area contributed by atoms with Gasteiger partial charge in [0.1, 0.15) is 5.82 Å². The summed E-state index contributed by atoms with van der Waals surface area (Å²) in [6, 6.07) is 18.6. The zero-order chi connectivity index (χ0) is 23.5. The molecule has 1 aromatic heterocycles. The van der Waals surface area contributed by atoms with Crippen molar-refractivity contribution in [2.24, 2.45) is 0 Å². The standard InChI is InChI=1S/C28H30N2O3S/c1-2-33-27(32)34-19-24-29-25-21-12-6-7-13-23(21)28(15-8-9-16-28)18-22(25)26(31)30(24)17-14-20-10-4-3-5-11-20/h3-7,10-13H,2,8-9,14-19H2,1H3. The number of thioether (sulfide) groups is 1. The fraction of sp³-hybridized carbons (Fsp3) is 0.393. The minimum atomic E-state index is -0.339. The van der Waals surface area contributed by atoms with Crippen LogP contribution < -0.4 is 5.56 Å². The second kappa shape index (κ2) is 9.79. The Morgan fingerprint density at radius 1 is 1.09 bits per heavy atom. The summed E-state index contributed by atoms with van der Waals surface area (Å²) >= 11 is 1.07. The van der Waals surface area contributed by atoms with Crippen LogP contribution in [0.1, 0.15) is 55.1 Å². The van der Waals surface area contributed by atoms with Gasteiger partial charge in [0.05, 0.1) is 18.1 Å². The lowest BCUT2D eigenvalue weighted by Crippen LogP contribution is -2.38. The zero-order valence-corrected chi connectivity index (χ0v) is 20.4. The van der Waals surface area contributed by atoms with E-state index < -0.39 is 0 Å². The van der Waals surface area contributed by atoms with E-state index in [1.807, 2.05) is 24.3 Å². The molecule has 1 heterocycles. The van der Waals surface area contributed by atoms with E-state index in [0.29, 0.717) is 24.7 Å². The van der Waals surface area contributed by atoms with Crippen molar-refractivity contribution in [3.63, 3.8) is 0 Å². The molecule has 0 aliphatic heterocycles. The molecule has 0 N–H and O–H groups in total. The average molecular weight is 475 g/mol. The number of aromatic nitrogens is 2. The van der Waals surface area contributed by atoms with Gasteiger partial charge in [-0.05, 0) is 55.5 Å². The van der Waals surface area contributed by atoms with Crippen molar-refractivity contribution >= 4 is 17.1 Å². The Kier molecular flexibility index (Phi) is 6.59. The molecule has 0 atom stereocenters.